The fraction of sp³-hybridized carbons (Fsp3) is 0.400. The van der Waals surface area contributed by atoms with Crippen LogP contribution in [0.4, 0.5) is 13.2 Å². The lowest BCUT2D eigenvalue weighted by molar-refractivity contribution is -0.137. The van der Waals surface area contributed by atoms with Crippen LogP contribution in [0.3, 0.4) is 0 Å². The zero-order valence-corrected chi connectivity index (χ0v) is 9.41. The second-order valence-electron chi connectivity index (χ2n) is 3.25. The molecule has 0 amide bonds. The van der Waals surface area contributed by atoms with Gasteiger partial charge in [0.2, 0.25) is 0 Å². The van der Waals surface area contributed by atoms with E-state index in [1.54, 1.807) is 19.9 Å². The van der Waals surface area contributed by atoms with Crippen molar-refractivity contribution in [1.82, 2.24) is 0 Å². The van der Waals surface area contributed by atoms with Gasteiger partial charge in [0.15, 0.2) is 0 Å². The lowest BCUT2D eigenvalue weighted by Crippen LogP contribution is -2.06. The normalized spacial score (nSPS) is 14.1. The molecule has 4 heteroatoms. The van der Waals surface area contributed by atoms with Crippen LogP contribution in [0.2, 0.25) is 0 Å². The number of alkyl halides is 4. The van der Waals surface area contributed by atoms with Gasteiger partial charge in [0, 0.05) is 4.83 Å². The molecule has 1 rings (SSSR count). The Morgan fingerprint density at radius 3 is 2.21 bits per heavy atom. The van der Waals surface area contributed by atoms with Gasteiger partial charge < -0.3 is 0 Å². The number of hydrogen-bond acceptors (Lipinski definition) is 0. The third-order valence-corrected chi connectivity index (χ3v) is 2.41. The van der Waals surface area contributed by atoms with Gasteiger partial charge in [-0.15, -0.1) is 0 Å². The SMILES string of the molecule is Cc1cc([C@@H](C)Br)cc(C(F)(F)F)c1. The molecule has 0 saturated carbocycles. The van der Waals surface area contributed by atoms with Gasteiger partial charge in [0.25, 0.3) is 0 Å². The predicted molar refractivity (Wildman–Crippen MR) is 53.5 cm³/mol. The zero-order chi connectivity index (χ0) is 10.9. The number of hydrogen-bond donors (Lipinski definition) is 0. The molecule has 0 bridgehead atoms. The van der Waals surface area contributed by atoms with E-state index in [-0.39, 0.29) is 4.83 Å². The van der Waals surface area contributed by atoms with Crippen LogP contribution in [0.5, 0.6) is 0 Å². The fourth-order valence-corrected chi connectivity index (χ4v) is 1.47. The maximum Gasteiger partial charge on any atom is 0.416 e. The summed E-state index contributed by atoms with van der Waals surface area (Å²) in [7, 11) is 0. The first-order valence-electron chi connectivity index (χ1n) is 4.13. The zero-order valence-electron chi connectivity index (χ0n) is 7.82. The van der Waals surface area contributed by atoms with Crippen molar-refractivity contribution in [3.05, 3.63) is 34.9 Å². The highest BCUT2D eigenvalue weighted by molar-refractivity contribution is 9.09. The van der Waals surface area contributed by atoms with Gasteiger partial charge in [0.1, 0.15) is 0 Å². The molecule has 0 aliphatic rings. The summed E-state index contributed by atoms with van der Waals surface area (Å²) in [6, 6.07) is 4.07. The van der Waals surface area contributed by atoms with Gasteiger partial charge in [0.05, 0.1) is 5.56 Å². The Morgan fingerprint density at radius 1 is 1.21 bits per heavy atom. The van der Waals surface area contributed by atoms with Crippen LogP contribution in [0.15, 0.2) is 18.2 Å². The van der Waals surface area contributed by atoms with Gasteiger partial charge in [-0.3, -0.25) is 0 Å². The van der Waals surface area contributed by atoms with E-state index in [4.69, 9.17) is 0 Å². The smallest absolute Gasteiger partial charge is 0.166 e. The number of rotatable bonds is 1. The summed E-state index contributed by atoms with van der Waals surface area (Å²) < 4.78 is 37.2. The van der Waals surface area contributed by atoms with Crippen LogP contribution in [0.25, 0.3) is 0 Å². The van der Waals surface area contributed by atoms with Gasteiger partial charge in [-0.1, -0.05) is 27.6 Å². The Hall–Kier alpha value is -0.510. The fourth-order valence-electron chi connectivity index (χ4n) is 1.21. The Balaban J connectivity index is 3.21. The molecular weight excluding hydrogens is 257 g/mol. The molecule has 78 valence electrons. The van der Waals surface area contributed by atoms with E-state index in [1.165, 1.54) is 6.07 Å². The molecule has 14 heavy (non-hydrogen) atoms. The lowest BCUT2D eigenvalue weighted by atomic mass is 10.0. The molecule has 0 unspecified atom stereocenters. The van der Waals surface area contributed by atoms with Gasteiger partial charge in [-0.05, 0) is 31.5 Å². The quantitative estimate of drug-likeness (QED) is 0.658. The van der Waals surface area contributed by atoms with E-state index in [0.717, 1.165) is 6.07 Å². The molecule has 0 aliphatic heterocycles. The monoisotopic (exact) mass is 266 g/mol. The van der Waals surface area contributed by atoms with Gasteiger partial charge in [-0.25, -0.2) is 0 Å². The summed E-state index contributed by atoms with van der Waals surface area (Å²) in [5.74, 6) is 0. The largest absolute Gasteiger partial charge is 0.416 e. The minimum absolute atomic E-state index is 0.0662. The van der Waals surface area contributed by atoms with E-state index < -0.39 is 11.7 Å². The first-order valence-corrected chi connectivity index (χ1v) is 5.05. The van der Waals surface area contributed by atoms with E-state index in [0.29, 0.717) is 11.1 Å². The van der Waals surface area contributed by atoms with E-state index in [2.05, 4.69) is 15.9 Å². The second-order valence-corrected chi connectivity index (χ2v) is 4.62. The summed E-state index contributed by atoms with van der Waals surface area (Å²) in [5.41, 5.74) is 0.692. The molecule has 1 aromatic rings. The van der Waals surface area contributed by atoms with Crippen LogP contribution < -0.4 is 0 Å². The summed E-state index contributed by atoms with van der Waals surface area (Å²) in [6.45, 7) is 3.46. The summed E-state index contributed by atoms with van der Waals surface area (Å²) >= 11 is 3.25. The number of halogens is 4. The molecule has 0 heterocycles. The molecule has 0 aliphatic carbocycles. The van der Waals surface area contributed by atoms with Crippen LogP contribution >= 0.6 is 15.9 Å². The van der Waals surface area contributed by atoms with Crippen molar-refractivity contribution in [3.8, 4) is 0 Å². The first kappa shape index (κ1) is 11.6. The molecular formula is C10H10BrF3. The maximum absolute atomic E-state index is 12.4. The molecule has 0 radical (unpaired) electrons. The third-order valence-electron chi connectivity index (χ3n) is 1.89. The van der Waals surface area contributed by atoms with Crippen molar-refractivity contribution in [1.29, 1.82) is 0 Å². The van der Waals surface area contributed by atoms with Crippen molar-refractivity contribution in [2.75, 3.05) is 0 Å². The van der Waals surface area contributed by atoms with E-state index >= 15 is 0 Å². The predicted octanol–water partition coefficient (Wildman–Crippen LogP) is 4.47. The van der Waals surface area contributed by atoms with Crippen molar-refractivity contribution >= 4 is 15.9 Å². The molecule has 0 fully saturated rings. The molecule has 1 aromatic carbocycles. The van der Waals surface area contributed by atoms with Crippen LogP contribution in [-0.2, 0) is 6.18 Å². The Kier molecular flexibility index (Phi) is 3.24. The van der Waals surface area contributed by atoms with Gasteiger partial charge >= 0.3 is 6.18 Å². The molecule has 0 spiro atoms. The minimum atomic E-state index is -4.26. The van der Waals surface area contributed by atoms with Crippen molar-refractivity contribution in [2.24, 2.45) is 0 Å². The second kappa shape index (κ2) is 3.93. The van der Waals surface area contributed by atoms with Crippen molar-refractivity contribution in [2.45, 2.75) is 24.9 Å². The lowest BCUT2D eigenvalue weighted by Gasteiger charge is -2.11. The summed E-state index contributed by atoms with van der Waals surface area (Å²) in [5, 5.41) is 0. The highest BCUT2D eigenvalue weighted by Gasteiger charge is 2.31. The molecule has 0 saturated heterocycles. The van der Waals surface area contributed by atoms with Crippen LogP contribution in [-0.4, -0.2) is 0 Å². The summed E-state index contributed by atoms with van der Waals surface area (Å²) in [6.07, 6.45) is -4.26. The average Bonchev–Trinajstić information content (AvgIpc) is 2.01. The maximum atomic E-state index is 12.4. The first-order chi connectivity index (χ1) is 6.30. The Labute approximate surface area is 89.3 Å². The Bertz CT molecular complexity index is 329. The number of benzene rings is 1. The van der Waals surface area contributed by atoms with Crippen LogP contribution in [0, 0.1) is 6.92 Å². The van der Waals surface area contributed by atoms with Crippen molar-refractivity contribution < 1.29 is 13.2 Å². The topological polar surface area (TPSA) is 0 Å². The molecule has 1 atom stereocenters. The van der Waals surface area contributed by atoms with Crippen LogP contribution in [0.1, 0.15) is 28.4 Å². The summed E-state index contributed by atoms with van der Waals surface area (Å²) in [4.78, 5) is -0.0662. The van der Waals surface area contributed by atoms with Gasteiger partial charge in [-0.2, -0.15) is 13.2 Å². The minimum Gasteiger partial charge on any atom is -0.166 e. The molecule has 0 N–H and O–H groups in total. The standard InChI is InChI=1S/C10H10BrF3/c1-6-3-8(7(2)11)5-9(4-6)10(12,13)14/h3-5,7H,1-2H3/t7-/m1/s1. The van der Waals surface area contributed by atoms with E-state index in [1.807, 2.05) is 0 Å². The highest BCUT2D eigenvalue weighted by atomic mass is 79.9. The number of aryl methyl sites for hydroxylation is 1. The molecule has 0 nitrogen and oxygen atoms in total. The average molecular weight is 267 g/mol. The van der Waals surface area contributed by atoms with E-state index in [9.17, 15) is 13.2 Å². The third kappa shape index (κ3) is 2.74. The Morgan fingerprint density at radius 2 is 1.79 bits per heavy atom. The molecule has 0 aromatic heterocycles. The highest BCUT2D eigenvalue weighted by Crippen LogP contribution is 2.33. The van der Waals surface area contributed by atoms with Crippen molar-refractivity contribution in [3.63, 3.8) is 0 Å².